The molecular formula is C13H21NO2. The third kappa shape index (κ3) is 3.08. The molecule has 90 valence electrons. The number of carbonyl (C=O) groups excluding carboxylic acids is 1. The molecule has 2 atom stereocenters. The molecule has 2 aliphatic carbocycles. The van der Waals surface area contributed by atoms with Crippen LogP contribution >= 0.6 is 0 Å². The first-order valence-electron chi connectivity index (χ1n) is 6.33. The van der Waals surface area contributed by atoms with E-state index in [-0.39, 0.29) is 18.1 Å². The summed E-state index contributed by atoms with van der Waals surface area (Å²) in [5.41, 5.74) is 1.18. The molecular weight excluding hydrogens is 202 g/mol. The average molecular weight is 223 g/mol. The van der Waals surface area contributed by atoms with E-state index in [0.717, 1.165) is 25.7 Å². The van der Waals surface area contributed by atoms with E-state index in [0.29, 0.717) is 5.92 Å². The van der Waals surface area contributed by atoms with Gasteiger partial charge in [0.2, 0.25) is 5.91 Å². The predicted octanol–water partition coefficient (Wildman–Crippen LogP) is 1.76. The van der Waals surface area contributed by atoms with Crippen molar-refractivity contribution in [3.63, 3.8) is 0 Å². The van der Waals surface area contributed by atoms with Crippen LogP contribution in [0.3, 0.4) is 0 Å². The minimum Gasteiger partial charge on any atom is -0.391 e. The molecule has 0 aromatic carbocycles. The molecule has 0 bridgehead atoms. The molecule has 2 N–H and O–H groups in total. The van der Waals surface area contributed by atoms with Crippen molar-refractivity contribution in [3.8, 4) is 0 Å². The normalized spacial score (nSPS) is 31.2. The molecule has 2 fully saturated rings. The summed E-state index contributed by atoms with van der Waals surface area (Å²) in [7, 11) is 0. The summed E-state index contributed by atoms with van der Waals surface area (Å²) in [6, 6.07) is -0.0375. The summed E-state index contributed by atoms with van der Waals surface area (Å²) in [6.45, 7) is 2.02. The van der Waals surface area contributed by atoms with Crippen LogP contribution in [0.5, 0.6) is 0 Å². The number of aliphatic hydroxyl groups is 1. The monoisotopic (exact) mass is 223 g/mol. The van der Waals surface area contributed by atoms with Crippen LogP contribution < -0.4 is 5.32 Å². The van der Waals surface area contributed by atoms with Crippen molar-refractivity contribution in [1.82, 2.24) is 5.32 Å². The van der Waals surface area contributed by atoms with Crippen molar-refractivity contribution in [2.24, 2.45) is 5.92 Å². The maximum atomic E-state index is 11.7. The predicted molar refractivity (Wildman–Crippen MR) is 62.9 cm³/mol. The Balaban J connectivity index is 1.83. The highest BCUT2D eigenvalue weighted by Crippen LogP contribution is 2.35. The fourth-order valence-electron chi connectivity index (χ4n) is 2.37. The number of hydrogen-bond acceptors (Lipinski definition) is 2. The van der Waals surface area contributed by atoms with Gasteiger partial charge in [0.15, 0.2) is 0 Å². The lowest BCUT2D eigenvalue weighted by molar-refractivity contribution is -0.118. The van der Waals surface area contributed by atoms with E-state index in [9.17, 15) is 9.90 Å². The lowest BCUT2D eigenvalue weighted by Gasteiger charge is -2.27. The Morgan fingerprint density at radius 2 is 1.94 bits per heavy atom. The van der Waals surface area contributed by atoms with Crippen molar-refractivity contribution in [1.29, 1.82) is 0 Å². The Morgan fingerprint density at radius 3 is 2.56 bits per heavy atom. The van der Waals surface area contributed by atoms with E-state index in [1.807, 2.05) is 6.92 Å². The van der Waals surface area contributed by atoms with Crippen LogP contribution in [0.4, 0.5) is 0 Å². The van der Waals surface area contributed by atoms with Gasteiger partial charge in [-0.15, -0.1) is 0 Å². The van der Waals surface area contributed by atoms with E-state index in [2.05, 4.69) is 5.32 Å². The molecule has 0 radical (unpaired) electrons. The van der Waals surface area contributed by atoms with Gasteiger partial charge in [0.05, 0.1) is 12.1 Å². The van der Waals surface area contributed by atoms with Gasteiger partial charge in [-0.1, -0.05) is 18.4 Å². The van der Waals surface area contributed by atoms with Gasteiger partial charge >= 0.3 is 0 Å². The van der Waals surface area contributed by atoms with Gasteiger partial charge in [-0.05, 0) is 38.5 Å². The smallest absolute Gasteiger partial charge is 0.244 e. The van der Waals surface area contributed by atoms with E-state index in [1.54, 1.807) is 6.08 Å². The molecule has 0 aliphatic heterocycles. The number of carbonyl (C=O) groups is 1. The van der Waals surface area contributed by atoms with Gasteiger partial charge in [0.1, 0.15) is 0 Å². The molecule has 16 heavy (non-hydrogen) atoms. The van der Waals surface area contributed by atoms with Crippen LogP contribution in [0.2, 0.25) is 0 Å². The highest BCUT2D eigenvalue weighted by Gasteiger charge is 2.26. The largest absolute Gasteiger partial charge is 0.391 e. The minimum atomic E-state index is -0.354. The third-order valence-corrected chi connectivity index (χ3v) is 3.64. The van der Waals surface area contributed by atoms with Gasteiger partial charge in [0.25, 0.3) is 0 Å². The van der Waals surface area contributed by atoms with E-state index in [4.69, 9.17) is 0 Å². The SMILES string of the molecule is CC(=CC(=O)NC1CCCCC1O)C1CC1. The van der Waals surface area contributed by atoms with Crippen LogP contribution in [-0.4, -0.2) is 23.2 Å². The molecule has 0 spiro atoms. The summed E-state index contributed by atoms with van der Waals surface area (Å²) < 4.78 is 0. The van der Waals surface area contributed by atoms with Gasteiger partial charge < -0.3 is 10.4 Å². The second kappa shape index (κ2) is 5.00. The van der Waals surface area contributed by atoms with Crippen LogP contribution in [0.15, 0.2) is 11.6 Å². The first-order valence-corrected chi connectivity index (χ1v) is 6.33. The molecule has 3 nitrogen and oxygen atoms in total. The number of nitrogens with one attached hydrogen (secondary N) is 1. The summed E-state index contributed by atoms with van der Waals surface area (Å²) in [4.78, 5) is 11.7. The van der Waals surface area contributed by atoms with Gasteiger partial charge in [-0.2, -0.15) is 0 Å². The summed E-state index contributed by atoms with van der Waals surface area (Å²) >= 11 is 0. The van der Waals surface area contributed by atoms with Gasteiger partial charge in [0, 0.05) is 6.08 Å². The second-order valence-corrected chi connectivity index (χ2v) is 5.13. The molecule has 0 heterocycles. The Morgan fingerprint density at radius 1 is 1.25 bits per heavy atom. The number of aliphatic hydroxyl groups excluding tert-OH is 1. The van der Waals surface area contributed by atoms with Crippen molar-refractivity contribution in [2.45, 2.75) is 57.6 Å². The lowest BCUT2D eigenvalue weighted by Crippen LogP contribution is -2.44. The van der Waals surface area contributed by atoms with Crippen molar-refractivity contribution in [3.05, 3.63) is 11.6 Å². The molecule has 0 aromatic rings. The van der Waals surface area contributed by atoms with Gasteiger partial charge in [-0.25, -0.2) is 0 Å². The zero-order chi connectivity index (χ0) is 11.5. The van der Waals surface area contributed by atoms with E-state index >= 15 is 0 Å². The first kappa shape index (κ1) is 11.6. The first-order chi connectivity index (χ1) is 7.66. The number of rotatable bonds is 3. The highest BCUT2D eigenvalue weighted by atomic mass is 16.3. The maximum Gasteiger partial charge on any atom is 0.244 e. The summed E-state index contributed by atoms with van der Waals surface area (Å²) in [5.74, 6) is 0.609. The van der Waals surface area contributed by atoms with Crippen LogP contribution in [0.1, 0.15) is 45.4 Å². The topological polar surface area (TPSA) is 49.3 Å². The fourth-order valence-corrected chi connectivity index (χ4v) is 2.37. The van der Waals surface area contributed by atoms with Crippen LogP contribution in [0.25, 0.3) is 0 Å². The Kier molecular flexibility index (Phi) is 3.64. The standard InChI is InChI=1S/C13H21NO2/c1-9(10-6-7-10)8-13(16)14-11-4-2-3-5-12(11)15/h8,10-12,15H,2-7H2,1H3,(H,14,16). The summed E-state index contributed by atoms with van der Waals surface area (Å²) in [6.07, 6.45) is 7.70. The Bertz CT molecular complexity index is 294. The van der Waals surface area contributed by atoms with Crippen molar-refractivity contribution >= 4 is 5.91 Å². The molecule has 1 amide bonds. The molecule has 3 heteroatoms. The van der Waals surface area contributed by atoms with E-state index in [1.165, 1.54) is 18.4 Å². The zero-order valence-electron chi connectivity index (χ0n) is 9.91. The second-order valence-electron chi connectivity index (χ2n) is 5.13. The quantitative estimate of drug-likeness (QED) is 0.716. The van der Waals surface area contributed by atoms with E-state index < -0.39 is 0 Å². The number of amides is 1. The Labute approximate surface area is 96.9 Å². The third-order valence-electron chi connectivity index (χ3n) is 3.64. The molecule has 2 aliphatic rings. The minimum absolute atomic E-state index is 0.0321. The molecule has 2 unspecified atom stereocenters. The number of hydrogen-bond donors (Lipinski definition) is 2. The molecule has 0 aromatic heterocycles. The van der Waals surface area contributed by atoms with Crippen molar-refractivity contribution < 1.29 is 9.90 Å². The zero-order valence-corrected chi connectivity index (χ0v) is 9.91. The molecule has 0 saturated heterocycles. The number of allylic oxidation sites excluding steroid dienone is 1. The van der Waals surface area contributed by atoms with Gasteiger partial charge in [-0.3, -0.25) is 4.79 Å². The molecule has 2 saturated carbocycles. The molecule has 2 rings (SSSR count). The van der Waals surface area contributed by atoms with Crippen molar-refractivity contribution in [2.75, 3.05) is 0 Å². The van der Waals surface area contributed by atoms with Crippen LogP contribution in [0, 0.1) is 5.92 Å². The summed E-state index contributed by atoms with van der Waals surface area (Å²) in [5, 5.41) is 12.7. The Hall–Kier alpha value is -0.830. The average Bonchev–Trinajstić information content (AvgIpc) is 3.04. The fraction of sp³-hybridized carbons (Fsp3) is 0.769. The lowest BCUT2D eigenvalue weighted by atomic mass is 9.92. The maximum absolute atomic E-state index is 11.7. The highest BCUT2D eigenvalue weighted by molar-refractivity contribution is 5.88. The van der Waals surface area contributed by atoms with Crippen LogP contribution in [-0.2, 0) is 4.79 Å².